The number of benzene rings is 2. The number of hydrogen-bond acceptors (Lipinski definition) is 3. The molecule has 0 amide bonds. The summed E-state index contributed by atoms with van der Waals surface area (Å²) >= 11 is 10.0. The largest absolute Gasteiger partial charge is 1.00 e. The van der Waals surface area contributed by atoms with Gasteiger partial charge >= 0.3 is 18.9 Å². The quantitative estimate of drug-likeness (QED) is 0.257. The van der Waals surface area contributed by atoms with Crippen LogP contribution < -0.4 is 24.6 Å². The zero-order chi connectivity index (χ0) is 17.0. The van der Waals surface area contributed by atoms with Crippen LogP contribution >= 0.6 is 56.9 Å². The van der Waals surface area contributed by atoms with E-state index < -0.39 is 0 Å². The van der Waals surface area contributed by atoms with E-state index in [0.29, 0.717) is 5.56 Å². The molecule has 3 N–H and O–H groups in total. The van der Waals surface area contributed by atoms with E-state index in [9.17, 15) is 0 Å². The van der Waals surface area contributed by atoms with Crippen LogP contribution in [0.25, 0.3) is 0 Å². The Bertz CT molecular complexity index is 626. The summed E-state index contributed by atoms with van der Waals surface area (Å²) < 4.78 is 8.07. The molecule has 0 aromatic heterocycles. The molecule has 3 nitrogen and oxygen atoms in total. The molecule has 0 aliphatic carbocycles. The molecule has 8 heteroatoms. The molecule has 120 valence electrons. The van der Waals surface area contributed by atoms with Crippen molar-refractivity contribution in [3.63, 3.8) is 0 Å². The maximum atomic E-state index is 8.36. The van der Waals surface area contributed by atoms with E-state index in [2.05, 4.69) is 44.5 Å². The zero-order valence-electron chi connectivity index (χ0n) is 14.5. The van der Waals surface area contributed by atoms with E-state index in [-0.39, 0.29) is 44.8 Å². The third kappa shape index (κ3) is 12.7. The number of nitrogens with one attached hydrogen (secondary N) is 1. The van der Waals surface area contributed by atoms with Crippen LogP contribution in [0.15, 0.2) is 57.5 Å². The molecule has 0 saturated carbocycles. The van der Waals surface area contributed by atoms with Gasteiger partial charge in [-0.15, -0.1) is 12.4 Å². The molecular weight excluding hydrogens is 456 g/mol. The topological polar surface area (TPSA) is 73.7 Å². The van der Waals surface area contributed by atoms with Crippen LogP contribution in [-0.2, 0) is 0 Å². The fourth-order valence-corrected chi connectivity index (χ4v) is 1.68. The summed E-state index contributed by atoms with van der Waals surface area (Å²) in [4.78, 5) is 0. The Morgan fingerprint density at radius 1 is 1.17 bits per heavy atom. The second-order valence-corrected chi connectivity index (χ2v) is 5.37. The van der Waals surface area contributed by atoms with Gasteiger partial charge in [0, 0.05) is 15.9 Å². The van der Waals surface area contributed by atoms with Crippen molar-refractivity contribution in [3.05, 3.63) is 68.6 Å². The zero-order valence-corrected chi connectivity index (χ0v) is 17.3. The molecule has 0 saturated heterocycles. The number of hydrogen-bond donors (Lipinski definition) is 3. The number of nitrogen functional groups attached to an aromatic ring is 1. The van der Waals surface area contributed by atoms with Crippen LogP contribution in [0.3, 0.4) is 0 Å². The number of amidine groups is 1. The number of nitriles is 1. The minimum absolute atomic E-state index is 0. The Kier molecular flexibility index (Phi) is 17.8. The van der Waals surface area contributed by atoms with Crippen LogP contribution in [0, 0.1) is 16.7 Å². The SMILES string of the molecule is Cl.N#Cc1ccc(Br)cc1.N=C(N)c1ccc(Br)cc1.[2H]CS.[H-].[Li+]. The van der Waals surface area contributed by atoms with Crippen molar-refractivity contribution in [2.24, 2.45) is 5.73 Å². The third-order valence-corrected chi connectivity index (χ3v) is 3.19. The Balaban J connectivity index is -0.000000139. The van der Waals surface area contributed by atoms with E-state index in [1.54, 1.807) is 24.3 Å². The van der Waals surface area contributed by atoms with Gasteiger partial charge in [-0.05, 0) is 42.6 Å². The molecule has 23 heavy (non-hydrogen) atoms. The molecule has 0 atom stereocenters. The molecule has 0 radical (unpaired) electrons. The maximum absolute atomic E-state index is 8.36. The summed E-state index contributed by atoms with van der Waals surface area (Å²) in [5.41, 5.74) is 6.68. The minimum atomic E-state index is 0. The van der Waals surface area contributed by atoms with Gasteiger partial charge in [-0.3, -0.25) is 5.41 Å². The Morgan fingerprint density at radius 3 is 1.83 bits per heavy atom. The van der Waals surface area contributed by atoms with Gasteiger partial charge in [-0.1, -0.05) is 44.0 Å². The van der Waals surface area contributed by atoms with Crippen LogP contribution in [0.2, 0.25) is 0 Å². The summed E-state index contributed by atoms with van der Waals surface area (Å²) in [5, 5.41) is 15.4. The summed E-state index contributed by atoms with van der Waals surface area (Å²) in [5.74, 6) is 0.104. The third-order valence-electron chi connectivity index (χ3n) is 2.13. The van der Waals surface area contributed by atoms with Gasteiger partial charge in [0.15, 0.2) is 0 Å². The maximum Gasteiger partial charge on any atom is 1.00 e. The molecule has 0 spiro atoms. The predicted octanol–water partition coefficient (Wildman–Crippen LogP) is 2.14. The van der Waals surface area contributed by atoms with Gasteiger partial charge in [-0.2, -0.15) is 17.9 Å². The molecule has 2 rings (SSSR count). The number of thiol groups is 1. The summed E-state index contributed by atoms with van der Waals surface area (Å²) in [6.07, 6.45) is 0.194. The fourth-order valence-electron chi connectivity index (χ4n) is 1.15. The monoisotopic (exact) mass is 472 g/mol. The fraction of sp³-hybridized carbons (Fsp3) is 0.0667. The van der Waals surface area contributed by atoms with Crippen LogP contribution in [0.5, 0.6) is 0 Å². The summed E-state index contributed by atoms with van der Waals surface area (Å²) in [7, 11) is 0. The van der Waals surface area contributed by atoms with E-state index >= 15 is 0 Å². The van der Waals surface area contributed by atoms with Crippen molar-refractivity contribution in [1.82, 2.24) is 0 Å². The molecule has 0 aliphatic rings. The van der Waals surface area contributed by atoms with Crippen molar-refractivity contribution < 1.29 is 21.7 Å². The van der Waals surface area contributed by atoms with Gasteiger partial charge in [0.2, 0.25) is 0 Å². The second-order valence-electron chi connectivity index (χ2n) is 3.54. The van der Waals surface area contributed by atoms with Crippen LogP contribution in [-0.4, -0.2) is 12.1 Å². The molecule has 0 bridgehead atoms. The van der Waals surface area contributed by atoms with E-state index in [1.165, 1.54) is 0 Å². The van der Waals surface area contributed by atoms with E-state index in [0.717, 1.165) is 14.5 Å². The standard InChI is InChI=1S/C7H7BrN2.C7H4BrN.CH4S.ClH.Li.H/c8-6-3-1-5(2-4-6)7(9)10;8-7-3-1-6(5-9)2-4-7;1-2;;;/h1-4H,(H3,9,10);1-4H;2H,1H3;1H;;/q;;;;+1;-1/i;;1D;;;. The molecule has 2 aromatic rings. The van der Waals surface area contributed by atoms with Crippen molar-refractivity contribution in [3.8, 4) is 6.07 Å². The van der Waals surface area contributed by atoms with Gasteiger partial charge in [-0.25, -0.2) is 0 Å². The first-order valence-electron chi connectivity index (χ1n) is 6.31. The minimum Gasteiger partial charge on any atom is -1.00 e. The first kappa shape index (κ1) is 24.8. The predicted molar refractivity (Wildman–Crippen MR) is 107 cm³/mol. The molecule has 0 fully saturated rings. The number of halogens is 3. The molecule has 0 heterocycles. The molecule has 0 unspecified atom stereocenters. The van der Waals surface area contributed by atoms with Gasteiger partial charge < -0.3 is 7.16 Å². The molecule has 2 aromatic carbocycles. The van der Waals surface area contributed by atoms with Crippen molar-refractivity contribution in [1.29, 1.82) is 10.7 Å². The van der Waals surface area contributed by atoms with E-state index in [1.807, 2.05) is 30.3 Å². The average Bonchev–Trinajstić information content (AvgIpc) is 2.50. The second kappa shape index (κ2) is 16.5. The smallest absolute Gasteiger partial charge is 1.00 e. The first-order chi connectivity index (χ1) is 10.4. The van der Waals surface area contributed by atoms with Gasteiger partial charge in [0.05, 0.1) is 11.6 Å². The van der Waals surface area contributed by atoms with Crippen molar-refractivity contribution in [2.45, 2.75) is 0 Å². The average molecular weight is 475 g/mol. The summed E-state index contributed by atoms with van der Waals surface area (Å²) in [6, 6.07) is 16.6. The van der Waals surface area contributed by atoms with Crippen LogP contribution in [0.4, 0.5) is 0 Å². The normalized spacial score (nSPS) is 8.17. The van der Waals surface area contributed by atoms with Crippen molar-refractivity contribution >= 4 is 62.7 Å². The molecule has 0 aliphatic heterocycles. The van der Waals surface area contributed by atoms with E-state index in [4.69, 9.17) is 17.8 Å². The number of nitrogens with two attached hydrogens (primary N) is 1. The van der Waals surface area contributed by atoms with Gasteiger partial charge in [0.25, 0.3) is 0 Å². The number of rotatable bonds is 1. The Hall–Kier alpha value is -0.403. The Labute approximate surface area is 180 Å². The first-order valence-corrected chi connectivity index (χ1v) is 7.82. The number of nitrogens with zero attached hydrogens (tertiary/aromatic N) is 1. The molecular formula is C15H17Br2ClLiN3S. The van der Waals surface area contributed by atoms with Gasteiger partial charge in [0.1, 0.15) is 5.84 Å². The van der Waals surface area contributed by atoms with Crippen LogP contribution in [0.1, 0.15) is 13.9 Å². The van der Waals surface area contributed by atoms with Crippen molar-refractivity contribution in [2.75, 3.05) is 6.23 Å². The summed E-state index contributed by atoms with van der Waals surface area (Å²) in [6.45, 7) is 0. The Morgan fingerprint density at radius 2 is 1.52 bits per heavy atom.